The van der Waals surface area contributed by atoms with Crippen molar-refractivity contribution in [2.75, 3.05) is 6.54 Å². The van der Waals surface area contributed by atoms with E-state index in [2.05, 4.69) is 10.3 Å². The van der Waals surface area contributed by atoms with E-state index in [1.54, 1.807) is 13.1 Å². The molecule has 13 heavy (non-hydrogen) atoms. The van der Waals surface area contributed by atoms with E-state index in [-0.39, 0.29) is 0 Å². The van der Waals surface area contributed by atoms with Gasteiger partial charge in [0.2, 0.25) is 0 Å². The summed E-state index contributed by atoms with van der Waals surface area (Å²) in [6, 6.07) is 3.71. The van der Waals surface area contributed by atoms with Gasteiger partial charge in [-0.3, -0.25) is 10.3 Å². The Labute approximate surface area is 78.8 Å². The summed E-state index contributed by atoms with van der Waals surface area (Å²) in [4.78, 5) is 4.13. The van der Waals surface area contributed by atoms with E-state index in [0.717, 1.165) is 17.8 Å². The van der Waals surface area contributed by atoms with Crippen LogP contribution in [0.25, 0.3) is 0 Å². The highest BCUT2D eigenvalue weighted by Crippen LogP contribution is 2.18. The SMILES string of the molecule is CCNC(C)(O)c1cccnc1C. The number of aromatic nitrogens is 1. The van der Waals surface area contributed by atoms with E-state index in [0.29, 0.717) is 0 Å². The van der Waals surface area contributed by atoms with Crippen molar-refractivity contribution in [2.24, 2.45) is 0 Å². The molecule has 3 nitrogen and oxygen atoms in total. The van der Waals surface area contributed by atoms with E-state index in [1.165, 1.54) is 0 Å². The van der Waals surface area contributed by atoms with Gasteiger partial charge >= 0.3 is 0 Å². The van der Waals surface area contributed by atoms with Gasteiger partial charge < -0.3 is 5.11 Å². The molecule has 0 radical (unpaired) electrons. The minimum absolute atomic E-state index is 0.724. The van der Waals surface area contributed by atoms with Crippen LogP contribution in [0.2, 0.25) is 0 Å². The second kappa shape index (κ2) is 3.85. The van der Waals surface area contributed by atoms with Crippen LogP contribution in [0.3, 0.4) is 0 Å². The summed E-state index contributed by atoms with van der Waals surface area (Å²) in [5.41, 5.74) is 0.706. The van der Waals surface area contributed by atoms with E-state index < -0.39 is 5.72 Å². The molecule has 0 saturated carbocycles. The first-order valence-corrected chi connectivity index (χ1v) is 4.47. The molecule has 0 aliphatic rings. The molecule has 1 aromatic rings. The maximum atomic E-state index is 10.0. The van der Waals surface area contributed by atoms with Crippen LogP contribution in [0.15, 0.2) is 18.3 Å². The summed E-state index contributed by atoms with van der Waals surface area (Å²) in [6.45, 7) is 6.31. The van der Waals surface area contributed by atoms with E-state index in [4.69, 9.17) is 0 Å². The lowest BCUT2D eigenvalue weighted by molar-refractivity contribution is 0.0209. The highest BCUT2D eigenvalue weighted by molar-refractivity contribution is 5.24. The number of aliphatic hydroxyl groups is 1. The number of hydrogen-bond acceptors (Lipinski definition) is 3. The van der Waals surface area contributed by atoms with Gasteiger partial charge in [0.15, 0.2) is 0 Å². The summed E-state index contributed by atoms with van der Waals surface area (Å²) in [6.07, 6.45) is 1.72. The van der Waals surface area contributed by atoms with Gasteiger partial charge in [-0.1, -0.05) is 13.0 Å². The second-order valence-electron chi connectivity index (χ2n) is 3.24. The molecule has 0 bridgehead atoms. The van der Waals surface area contributed by atoms with Crippen molar-refractivity contribution in [3.05, 3.63) is 29.6 Å². The number of pyridine rings is 1. The zero-order valence-corrected chi connectivity index (χ0v) is 8.33. The fourth-order valence-electron chi connectivity index (χ4n) is 1.44. The maximum Gasteiger partial charge on any atom is 0.141 e. The van der Waals surface area contributed by atoms with Gasteiger partial charge in [0.25, 0.3) is 0 Å². The quantitative estimate of drug-likeness (QED) is 0.686. The molecule has 0 fully saturated rings. The fraction of sp³-hybridized carbons (Fsp3) is 0.500. The first-order chi connectivity index (χ1) is 6.08. The Kier molecular flexibility index (Phi) is 3.01. The fourth-order valence-corrected chi connectivity index (χ4v) is 1.44. The Bertz CT molecular complexity index is 284. The van der Waals surface area contributed by atoms with Gasteiger partial charge in [0, 0.05) is 17.5 Å². The molecule has 2 N–H and O–H groups in total. The normalized spacial score (nSPS) is 15.4. The van der Waals surface area contributed by atoms with Crippen molar-refractivity contribution < 1.29 is 5.11 Å². The molecular weight excluding hydrogens is 164 g/mol. The molecule has 0 amide bonds. The molecule has 3 heteroatoms. The van der Waals surface area contributed by atoms with Gasteiger partial charge in [-0.15, -0.1) is 0 Å². The Balaban J connectivity index is 2.99. The zero-order valence-electron chi connectivity index (χ0n) is 8.33. The Morgan fingerprint density at radius 1 is 1.62 bits per heavy atom. The van der Waals surface area contributed by atoms with Gasteiger partial charge in [-0.05, 0) is 26.5 Å². The Morgan fingerprint density at radius 3 is 2.85 bits per heavy atom. The zero-order chi connectivity index (χ0) is 9.90. The van der Waals surface area contributed by atoms with Crippen molar-refractivity contribution in [2.45, 2.75) is 26.5 Å². The maximum absolute atomic E-state index is 10.0. The lowest BCUT2D eigenvalue weighted by Gasteiger charge is -2.25. The third-order valence-electron chi connectivity index (χ3n) is 2.05. The van der Waals surface area contributed by atoms with E-state index in [1.807, 2.05) is 26.0 Å². The molecule has 0 spiro atoms. The van der Waals surface area contributed by atoms with Gasteiger partial charge in [0.05, 0.1) is 0 Å². The number of rotatable bonds is 3. The van der Waals surface area contributed by atoms with Gasteiger partial charge in [-0.25, -0.2) is 0 Å². The number of nitrogens with one attached hydrogen (secondary N) is 1. The smallest absolute Gasteiger partial charge is 0.141 e. The molecule has 0 aromatic carbocycles. The van der Waals surface area contributed by atoms with Crippen molar-refractivity contribution in [1.82, 2.24) is 10.3 Å². The van der Waals surface area contributed by atoms with Gasteiger partial charge in [0.1, 0.15) is 5.72 Å². The third-order valence-corrected chi connectivity index (χ3v) is 2.05. The molecule has 1 atom stereocenters. The highest BCUT2D eigenvalue weighted by atomic mass is 16.3. The third kappa shape index (κ3) is 2.26. The van der Waals surface area contributed by atoms with Crippen LogP contribution in [0.4, 0.5) is 0 Å². The average Bonchev–Trinajstić information content (AvgIpc) is 2.04. The predicted octanol–water partition coefficient (Wildman–Crippen LogP) is 1.16. The summed E-state index contributed by atoms with van der Waals surface area (Å²) in [5, 5.41) is 13.0. The number of aryl methyl sites for hydroxylation is 1. The molecule has 1 unspecified atom stereocenters. The van der Waals surface area contributed by atoms with Crippen LogP contribution in [-0.4, -0.2) is 16.6 Å². The first kappa shape index (κ1) is 10.2. The minimum Gasteiger partial charge on any atom is -0.372 e. The van der Waals surface area contributed by atoms with Crippen LogP contribution in [0, 0.1) is 6.92 Å². The van der Waals surface area contributed by atoms with Crippen molar-refractivity contribution in [3.8, 4) is 0 Å². The van der Waals surface area contributed by atoms with Crippen LogP contribution in [0.1, 0.15) is 25.1 Å². The Hall–Kier alpha value is -0.930. The molecular formula is C10H16N2O. The Morgan fingerprint density at radius 2 is 2.31 bits per heavy atom. The van der Waals surface area contributed by atoms with Crippen LogP contribution >= 0.6 is 0 Å². The average molecular weight is 180 g/mol. The molecule has 1 aromatic heterocycles. The molecule has 0 saturated heterocycles. The molecule has 72 valence electrons. The molecule has 0 aliphatic heterocycles. The van der Waals surface area contributed by atoms with Crippen molar-refractivity contribution >= 4 is 0 Å². The van der Waals surface area contributed by atoms with Crippen molar-refractivity contribution in [1.29, 1.82) is 0 Å². The minimum atomic E-state index is -0.979. The second-order valence-corrected chi connectivity index (χ2v) is 3.24. The van der Waals surface area contributed by atoms with E-state index >= 15 is 0 Å². The highest BCUT2D eigenvalue weighted by Gasteiger charge is 2.23. The number of nitrogens with zero attached hydrogens (tertiary/aromatic N) is 1. The number of hydrogen-bond donors (Lipinski definition) is 2. The topological polar surface area (TPSA) is 45.1 Å². The van der Waals surface area contributed by atoms with E-state index in [9.17, 15) is 5.11 Å². The molecule has 1 rings (SSSR count). The standard InChI is InChI=1S/C10H16N2O/c1-4-12-10(3,13)9-6-5-7-11-8(9)2/h5-7,12-13H,4H2,1-3H3. The lowest BCUT2D eigenvalue weighted by Crippen LogP contribution is -2.39. The lowest BCUT2D eigenvalue weighted by atomic mass is 10.0. The van der Waals surface area contributed by atoms with Gasteiger partial charge in [-0.2, -0.15) is 0 Å². The van der Waals surface area contributed by atoms with Crippen LogP contribution < -0.4 is 5.32 Å². The van der Waals surface area contributed by atoms with Crippen LogP contribution in [0.5, 0.6) is 0 Å². The summed E-state index contributed by atoms with van der Waals surface area (Å²) in [7, 11) is 0. The monoisotopic (exact) mass is 180 g/mol. The first-order valence-electron chi connectivity index (χ1n) is 4.47. The molecule has 0 aliphatic carbocycles. The summed E-state index contributed by atoms with van der Waals surface area (Å²) < 4.78 is 0. The summed E-state index contributed by atoms with van der Waals surface area (Å²) in [5.74, 6) is 0. The summed E-state index contributed by atoms with van der Waals surface area (Å²) >= 11 is 0. The molecule has 1 heterocycles. The van der Waals surface area contributed by atoms with Crippen LogP contribution in [-0.2, 0) is 5.72 Å². The largest absolute Gasteiger partial charge is 0.372 e. The predicted molar refractivity (Wildman–Crippen MR) is 52.2 cm³/mol. The van der Waals surface area contributed by atoms with Crippen molar-refractivity contribution in [3.63, 3.8) is 0 Å².